The number of hydrogen-bond donors (Lipinski definition) is 3. The molecule has 0 aliphatic carbocycles. The first-order valence-electron chi connectivity index (χ1n) is 5.48. The predicted molar refractivity (Wildman–Crippen MR) is 69.9 cm³/mol. The molecule has 0 atom stereocenters. The summed E-state index contributed by atoms with van der Waals surface area (Å²) in [6.45, 7) is 4.21. The molecule has 0 bridgehead atoms. The predicted octanol–water partition coefficient (Wildman–Crippen LogP) is 2.06. The van der Waals surface area contributed by atoms with Crippen molar-refractivity contribution in [3.8, 4) is 0 Å². The van der Waals surface area contributed by atoms with E-state index in [4.69, 9.17) is 5.73 Å². The highest BCUT2D eigenvalue weighted by Crippen LogP contribution is 2.20. The van der Waals surface area contributed by atoms with Crippen molar-refractivity contribution in [1.29, 1.82) is 0 Å². The number of anilines is 1. The van der Waals surface area contributed by atoms with Crippen LogP contribution in [0.5, 0.6) is 0 Å². The second-order valence-corrected chi connectivity index (χ2v) is 3.84. The van der Waals surface area contributed by atoms with E-state index >= 15 is 0 Å². The molecule has 0 saturated heterocycles. The fourth-order valence-corrected chi connectivity index (χ4v) is 1.71. The number of rotatable bonds is 4. The topological polar surface area (TPSA) is 70.9 Å². The van der Waals surface area contributed by atoms with Crippen molar-refractivity contribution in [3.05, 3.63) is 42.6 Å². The summed E-state index contributed by atoms with van der Waals surface area (Å²) in [5.74, 6) is -0.0807. The lowest BCUT2D eigenvalue weighted by Crippen LogP contribution is -2.23. The lowest BCUT2D eigenvalue weighted by molar-refractivity contribution is 0.0956. The summed E-state index contributed by atoms with van der Waals surface area (Å²) >= 11 is 0. The summed E-state index contributed by atoms with van der Waals surface area (Å²) in [6, 6.07) is 5.45. The lowest BCUT2D eigenvalue weighted by Gasteiger charge is -2.02. The standard InChI is InChI=1S/C13H15N3O/c1-2-3-6-15-13(17)11-8-16-12-7-9(14)4-5-10(11)12/h2,4-5,7-8,16H,1,3,6,14H2,(H,15,17). The zero-order valence-corrected chi connectivity index (χ0v) is 9.49. The van der Waals surface area contributed by atoms with E-state index in [1.54, 1.807) is 18.3 Å². The molecule has 0 aliphatic rings. The quantitative estimate of drug-likeness (QED) is 0.426. The SMILES string of the molecule is C=CCCNC(=O)c1c[nH]c2cc(N)ccc12. The number of aromatic nitrogens is 1. The van der Waals surface area contributed by atoms with E-state index in [0.29, 0.717) is 17.8 Å². The molecule has 88 valence electrons. The Balaban J connectivity index is 2.23. The van der Waals surface area contributed by atoms with Gasteiger partial charge in [0.05, 0.1) is 5.56 Å². The molecule has 0 fully saturated rings. The normalized spacial score (nSPS) is 10.4. The highest BCUT2D eigenvalue weighted by molar-refractivity contribution is 6.07. The van der Waals surface area contributed by atoms with Gasteiger partial charge in [0, 0.05) is 29.3 Å². The summed E-state index contributed by atoms with van der Waals surface area (Å²) in [5.41, 5.74) is 7.87. The van der Waals surface area contributed by atoms with Crippen molar-refractivity contribution in [2.24, 2.45) is 0 Å². The van der Waals surface area contributed by atoms with E-state index in [1.165, 1.54) is 0 Å². The number of carbonyl (C=O) groups is 1. The zero-order chi connectivity index (χ0) is 12.3. The van der Waals surface area contributed by atoms with Crippen molar-refractivity contribution < 1.29 is 4.79 Å². The maximum atomic E-state index is 11.9. The summed E-state index contributed by atoms with van der Waals surface area (Å²) in [4.78, 5) is 14.9. The summed E-state index contributed by atoms with van der Waals surface area (Å²) in [7, 11) is 0. The maximum absolute atomic E-state index is 11.9. The molecule has 1 heterocycles. The van der Waals surface area contributed by atoms with Gasteiger partial charge < -0.3 is 16.0 Å². The monoisotopic (exact) mass is 229 g/mol. The van der Waals surface area contributed by atoms with E-state index in [-0.39, 0.29) is 5.91 Å². The van der Waals surface area contributed by atoms with E-state index in [9.17, 15) is 4.79 Å². The molecule has 0 spiro atoms. The van der Waals surface area contributed by atoms with Crippen LogP contribution in [-0.2, 0) is 0 Å². The van der Waals surface area contributed by atoms with Crippen LogP contribution in [0.3, 0.4) is 0 Å². The molecule has 2 rings (SSSR count). The van der Waals surface area contributed by atoms with Crippen molar-refractivity contribution in [2.45, 2.75) is 6.42 Å². The Kier molecular flexibility index (Phi) is 3.14. The first-order chi connectivity index (χ1) is 8.22. The average molecular weight is 229 g/mol. The van der Waals surface area contributed by atoms with E-state index < -0.39 is 0 Å². The number of fused-ring (bicyclic) bond motifs is 1. The van der Waals surface area contributed by atoms with Gasteiger partial charge in [-0.25, -0.2) is 0 Å². The number of H-pyrrole nitrogens is 1. The van der Waals surface area contributed by atoms with E-state index in [2.05, 4.69) is 16.9 Å². The van der Waals surface area contributed by atoms with Crippen LogP contribution in [-0.4, -0.2) is 17.4 Å². The molecule has 4 N–H and O–H groups in total. The van der Waals surface area contributed by atoms with Crippen LogP contribution in [0, 0.1) is 0 Å². The minimum absolute atomic E-state index is 0.0807. The van der Waals surface area contributed by atoms with Gasteiger partial charge in [-0.2, -0.15) is 0 Å². The summed E-state index contributed by atoms with van der Waals surface area (Å²) < 4.78 is 0. The Morgan fingerprint density at radius 3 is 3.12 bits per heavy atom. The number of nitrogens with two attached hydrogens (primary N) is 1. The molecular weight excluding hydrogens is 214 g/mol. The van der Waals surface area contributed by atoms with Gasteiger partial charge >= 0.3 is 0 Å². The Morgan fingerprint density at radius 1 is 1.53 bits per heavy atom. The Bertz CT molecular complexity index is 557. The van der Waals surface area contributed by atoms with E-state index in [1.807, 2.05) is 12.1 Å². The van der Waals surface area contributed by atoms with Gasteiger partial charge in [-0.3, -0.25) is 4.79 Å². The molecule has 0 saturated carbocycles. The van der Waals surface area contributed by atoms with Gasteiger partial charge in [-0.1, -0.05) is 6.08 Å². The largest absolute Gasteiger partial charge is 0.399 e. The second kappa shape index (κ2) is 4.74. The van der Waals surface area contributed by atoms with Crippen molar-refractivity contribution >= 4 is 22.5 Å². The number of benzene rings is 1. The molecule has 1 aromatic heterocycles. The van der Waals surface area contributed by atoms with Crippen LogP contribution < -0.4 is 11.1 Å². The van der Waals surface area contributed by atoms with Crippen LogP contribution in [0.15, 0.2) is 37.1 Å². The van der Waals surface area contributed by atoms with Gasteiger partial charge in [-0.15, -0.1) is 6.58 Å². The number of nitrogens with one attached hydrogen (secondary N) is 2. The Morgan fingerprint density at radius 2 is 2.35 bits per heavy atom. The maximum Gasteiger partial charge on any atom is 0.253 e. The zero-order valence-electron chi connectivity index (χ0n) is 9.49. The number of aromatic amines is 1. The average Bonchev–Trinajstić information content (AvgIpc) is 2.72. The van der Waals surface area contributed by atoms with Gasteiger partial charge in [0.25, 0.3) is 5.91 Å². The van der Waals surface area contributed by atoms with Gasteiger partial charge in [0.2, 0.25) is 0 Å². The van der Waals surface area contributed by atoms with E-state index in [0.717, 1.165) is 17.3 Å². The molecule has 0 radical (unpaired) electrons. The molecule has 1 amide bonds. The summed E-state index contributed by atoms with van der Waals surface area (Å²) in [5, 5.41) is 3.72. The van der Waals surface area contributed by atoms with Gasteiger partial charge in [0.1, 0.15) is 0 Å². The molecule has 0 unspecified atom stereocenters. The number of nitrogen functional groups attached to an aromatic ring is 1. The first-order valence-corrected chi connectivity index (χ1v) is 5.48. The van der Waals surface area contributed by atoms with Crippen molar-refractivity contribution in [2.75, 3.05) is 12.3 Å². The Labute approximate surface area is 99.5 Å². The summed E-state index contributed by atoms with van der Waals surface area (Å²) in [6.07, 6.45) is 4.24. The molecular formula is C13H15N3O. The third-order valence-corrected chi connectivity index (χ3v) is 2.58. The lowest BCUT2D eigenvalue weighted by atomic mass is 10.1. The smallest absolute Gasteiger partial charge is 0.253 e. The minimum Gasteiger partial charge on any atom is -0.399 e. The minimum atomic E-state index is -0.0807. The van der Waals surface area contributed by atoms with Gasteiger partial charge in [0.15, 0.2) is 0 Å². The van der Waals surface area contributed by atoms with Crippen LogP contribution in [0.4, 0.5) is 5.69 Å². The highest BCUT2D eigenvalue weighted by atomic mass is 16.1. The number of amides is 1. The van der Waals surface area contributed by atoms with Crippen molar-refractivity contribution in [1.82, 2.24) is 10.3 Å². The number of hydrogen-bond acceptors (Lipinski definition) is 2. The number of carbonyl (C=O) groups excluding carboxylic acids is 1. The molecule has 17 heavy (non-hydrogen) atoms. The fourth-order valence-electron chi connectivity index (χ4n) is 1.71. The molecule has 1 aromatic carbocycles. The molecule has 2 aromatic rings. The fraction of sp³-hybridized carbons (Fsp3) is 0.154. The first kappa shape index (κ1) is 11.3. The van der Waals surface area contributed by atoms with Crippen molar-refractivity contribution in [3.63, 3.8) is 0 Å². The Hall–Kier alpha value is -2.23. The van der Waals surface area contributed by atoms with Crippen LogP contribution in [0.1, 0.15) is 16.8 Å². The van der Waals surface area contributed by atoms with Gasteiger partial charge in [-0.05, 0) is 24.6 Å². The van der Waals surface area contributed by atoms with Crippen LogP contribution in [0.2, 0.25) is 0 Å². The molecule has 4 nitrogen and oxygen atoms in total. The second-order valence-electron chi connectivity index (χ2n) is 3.84. The van der Waals surface area contributed by atoms with Crippen LogP contribution >= 0.6 is 0 Å². The highest BCUT2D eigenvalue weighted by Gasteiger charge is 2.10. The third-order valence-electron chi connectivity index (χ3n) is 2.58. The van der Waals surface area contributed by atoms with Crippen LogP contribution in [0.25, 0.3) is 10.9 Å². The molecule has 0 aliphatic heterocycles. The third kappa shape index (κ3) is 2.30. The molecule has 4 heteroatoms.